The zero-order chi connectivity index (χ0) is 17.5. The first kappa shape index (κ1) is 17.8. The molecule has 7 heteroatoms. The number of rotatable bonds is 8. The smallest absolute Gasteiger partial charge is 0.356 e. The fourth-order valence-electron chi connectivity index (χ4n) is 2.74. The van der Waals surface area contributed by atoms with E-state index in [0.717, 1.165) is 31.4 Å². The fraction of sp³-hybridized carbons (Fsp3) is 0.556. The van der Waals surface area contributed by atoms with Gasteiger partial charge in [-0.1, -0.05) is 6.07 Å². The maximum absolute atomic E-state index is 11.9. The number of hydrogen-bond acceptors (Lipinski definition) is 6. The van der Waals surface area contributed by atoms with Gasteiger partial charge in [0.05, 0.1) is 32.6 Å². The molecule has 0 bridgehead atoms. The van der Waals surface area contributed by atoms with E-state index in [2.05, 4.69) is 4.98 Å². The molecule has 1 fully saturated rings. The highest BCUT2D eigenvalue weighted by Crippen LogP contribution is 2.14. The van der Waals surface area contributed by atoms with Gasteiger partial charge in [0.15, 0.2) is 12.0 Å². The standard InChI is InChI=1S/C18H24N2O5/c1-2-23-18(21)15-11-19-16-7-6-14(12-20(15)16)13-22-9-10-25-17-5-3-4-8-24-17/h6-7,11-12,17H,2-5,8-10,13H2,1H3. The number of imidazole rings is 1. The topological polar surface area (TPSA) is 71.3 Å². The summed E-state index contributed by atoms with van der Waals surface area (Å²) in [6, 6.07) is 3.79. The Labute approximate surface area is 146 Å². The predicted octanol–water partition coefficient (Wildman–Crippen LogP) is 2.57. The summed E-state index contributed by atoms with van der Waals surface area (Å²) < 4.78 is 23.6. The lowest BCUT2D eigenvalue weighted by molar-refractivity contribution is -0.169. The van der Waals surface area contributed by atoms with E-state index in [1.54, 1.807) is 11.3 Å². The maximum Gasteiger partial charge on any atom is 0.356 e. The van der Waals surface area contributed by atoms with Crippen molar-refractivity contribution in [3.05, 3.63) is 35.8 Å². The summed E-state index contributed by atoms with van der Waals surface area (Å²) >= 11 is 0. The molecule has 0 N–H and O–H groups in total. The molecule has 2 aromatic heterocycles. The second kappa shape index (κ2) is 8.94. The highest BCUT2D eigenvalue weighted by atomic mass is 16.7. The van der Waals surface area contributed by atoms with Crippen LogP contribution in [0.3, 0.4) is 0 Å². The molecule has 1 aliphatic rings. The van der Waals surface area contributed by atoms with Crippen molar-refractivity contribution in [3.63, 3.8) is 0 Å². The Kier molecular flexibility index (Phi) is 6.38. The van der Waals surface area contributed by atoms with Crippen molar-refractivity contribution in [1.82, 2.24) is 9.38 Å². The van der Waals surface area contributed by atoms with Gasteiger partial charge < -0.3 is 18.9 Å². The highest BCUT2D eigenvalue weighted by molar-refractivity contribution is 5.88. The summed E-state index contributed by atoms with van der Waals surface area (Å²) in [4.78, 5) is 16.1. The van der Waals surface area contributed by atoms with Gasteiger partial charge in [-0.3, -0.25) is 4.40 Å². The zero-order valence-corrected chi connectivity index (χ0v) is 14.5. The van der Waals surface area contributed by atoms with E-state index in [-0.39, 0.29) is 12.3 Å². The molecule has 2 aromatic rings. The number of nitrogens with zero attached hydrogens (tertiary/aromatic N) is 2. The van der Waals surface area contributed by atoms with Crippen molar-refractivity contribution >= 4 is 11.6 Å². The van der Waals surface area contributed by atoms with Gasteiger partial charge in [0.25, 0.3) is 0 Å². The van der Waals surface area contributed by atoms with Crippen molar-refractivity contribution < 1.29 is 23.7 Å². The number of hydrogen-bond donors (Lipinski definition) is 0. The Morgan fingerprint density at radius 2 is 2.28 bits per heavy atom. The van der Waals surface area contributed by atoms with Crippen LogP contribution in [0.15, 0.2) is 24.5 Å². The molecule has 0 radical (unpaired) electrons. The normalized spacial score (nSPS) is 17.7. The third kappa shape index (κ3) is 4.78. The molecule has 0 aliphatic carbocycles. The minimum Gasteiger partial charge on any atom is -0.461 e. The van der Waals surface area contributed by atoms with Gasteiger partial charge in [-0.15, -0.1) is 0 Å². The quantitative estimate of drug-likeness (QED) is 0.539. The van der Waals surface area contributed by atoms with Crippen LogP contribution in [0.1, 0.15) is 42.2 Å². The molecule has 0 spiro atoms. The molecule has 0 aromatic carbocycles. The molecule has 136 valence electrons. The van der Waals surface area contributed by atoms with Crippen molar-refractivity contribution in [2.45, 2.75) is 39.1 Å². The second-order valence-corrected chi connectivity index (χ2v) is 5.85. The van der Waals surface area contributed by atoms with Gasteiger partial charge in [-0.25, -0.2) is 9.78 Å². The van der Waals surface area contributed by atoms with Gasteiger partial charge in [0, 0.05) is 12.8 Å². The number of pyridine rings is 1. The van der Waals surface area contributed by atoms with Crippen LogP contribution < -0.4 is 0 Å². The number of ether oxygens (including phenoxy) is 4. The molecule has 3 heterocycles. The minimum atomic E-state index is -0.381. The maximum atomic E-state index is 11.9. The molecule has 3 rings (SSSR count). The number of esters is 1. The second-order valence-electron chi connectivity index (χ2n) is 5.85. The summed E-state index contributed by atoms with van der Waals surface area (Å²) in [6.45, 7) is 4.32. The lowest BCUT2D eigenvalue weighted by Crippen LogP contribution is -2.23. The Balaban J connectivity index is 1.49. The summed E-state index contributed by atoms with van der Waals surface area (Å²) in [5, 5.41) is 0. The average Bonchev–Trinajstić information content (AvgIpc) is 3.06. The van der Waals surface area contributed by atoms with Crippen LogP contribution in [0.2, 0.25) is 0 Å². The third-order valence-corrected chi connectivity index (χ3v) is 3.99. The molecular formula is C18H24N2O5. The van der Waals surface area contributed by atoms with E-state index in [1.165, 1.54) is 6.20 Å². The summed E-state index contributed by atoms with van der Waals surface area (Å²) in [6.07, 6.45) is 6.50. The SMILES string of the molecule is CCOC(=O)c1cnc2ccc(COCCOC3CCCCO3)cn12. The molecule has 0 amide bonds. The highest BCUT2D eigenvalue weighted by Gasteiger charge is 2.14. The van der Waals surface area contributed by atoms with Crippen molar-refractivity contribution in [1.29, 1.82) is 0 Å². The van der Waals surface area contributed by atoms with Crippen LogP contribution in [-0.4, -0.2) is 48.1 Å². The Hall–Kier alpha value is -1.96. The fourth-order valence-corrected chi connectivity index (χ4v) is 2.74. The van der Waals surface area contributed by atoms with Gasteiger partial charge >= 0.3 is 5.97 Å². The zero-order valence-electron chi connectivity index (χ0n) is 14.5. The molecule has 1 saturated heterocycles. The molecule has 1 aliphatic heterocycles. The van der Waals surface area contributed by atoms with Crippen LogP contribution in [0.4, 0.5) is 0 Å². The number of carbonyl (C=O) groups excluding carboxylic acids is 1. The first-order valence-electron chi connectivity index (χ1n) is 8.72. The Morgan fingerprint density at radius 1 is 1.36 bits per heavy atom. The molecule has 7 nitrogen and oxygen atoms in total. The van der Waals surface area contributed by atoms with E-state index in [4.69, 9.17) is 18.9 Å². The third-order valence-electron chi connectivity index (χ3n) is 3.99. The average molecular weight is 348 g/mol. The van der Waals surface area contributed by atoms with E-state index >= 15 is 0 Å². The Morgan fingerprint density at radius 3 is 3.08 bits per heavy atom. The number of fused-ring (bicyclic) bond motifs is 1. The lowest BCUT2D eigenvalue weighted by Gasteiger charge is -2.22. The largest absolute Gasteiger partial charge is 0.461 e. The van der Waals surface area contributed by atoms with Crippen LogP contribution in [-0.2, 0) is 25.6 Å². The van der Waals surface area contributed by atoms with Crippen LogP contribution in [0.5, 0.6) is 0 Å². The van der Waals surface area contributed by atoms with Gasteiger partial charge in [-0.05, 0) is 37.8 Å². The van der Waals surface area contributed by atoms with Gasteiger partial charge in [-0.2, -0.15) is 0 Å². The van der Waals surface area contributed by atoms with Gasteiger partial charge in [0.1, 0.15) is 5.65 Å². The minimum absolute atomic E-state index is 0.0909. The lowest BCUT2D eigenvalue weighted by atomic mass is 10.2. The number of aromatic nitrogens is 2. The Bertz CT molecular complexity index is 694. The van der Waals surface area contributed by atoms with E-state index < -0.39 is 0 Å². The van der Waals surface area contributed by atoms with Crippen molar-refractivity contribution in [3.8, 4) is 0 Å². The molecule has 1 unspecified atom stereocenters. The molecule has 25 heavy (non-hydrogen) atoms. The summed E-state index contributed by atoms with van der Waals surface area (Å²) in [7, 11) is 0. The van der Waals surface area contributed by atoms with E-state index in [1.807, 2.05) is 18.3 Å². The van der Waals surface area contributed by atoms with Gasteiger partial charge in [0.2, 0.25) is 0 Å². The predicted molar refractivity (Wildman–Crippen MR) is 90.3 cm³/mol. The molecule has 0 saturated carbocycles. The first-order chi connectivity index (χ1) is 12.3. The van der Waals surface area contributed by atoms with E-state index in [0.29, 0.717) is 37.8 Å². The van der Waals surface area contributed by atoms with E-state index in [9.17, 15) is 4.79 Å². The molecule has 1 atom stereocenters. The summed E-state index contributed by atoms with van der Waals surface area (Å²) in [5.41, 5.74) is 2.06. The number of carbonyl (C=O) groups is 1. The molecular weight excluding hydrogens is 324 g/mol. The van der Waals surface area contributed by atoms with Crippen molar-refractivity contribution in [2.24, 2.45) is 0 Å². The monoisotopic (exact) mass is 348 g/mol. The van der Waals surface area contributed by atoms with Crippen LogP contribution in [0, 0.1) is 0 Å². The van der Waals surface area contributed by atoms with Crippen molar-refractivity contribution in [2.75, 3.05) is 26.4 Å². The summed E-state index contributed by atoms with van der Waals surface area (Å²) in [5.74, 6) is -0.381. The first-order valence-corrected chi connectivity index (χ1v) is 8.72. The van der Waals surface area contributed by atoms with Crippen LogP contribution in [0.25, 0.3) is 5.65 Å². The van der Waals surface area contributed by atoms with Crippen LogP contribution >= 0.6 is 0 Å².